The number of carbonyl (C=O) groups is 1. The van der Waals surface area contributed by atoms with E-state index in [-0.39, 0.29) is 17.8 Å². The van der Waals surface area contributed by atoms with Crippen molar-refractivity contribution in [2.24, 2.45) is 0 Å². The third-order valence-corrected chi connectivity index (χ3v) is 4.02. The lowest BCUT2D eigenvalue weighted by atomic mass is 10.0. The minimum atomic E-state index is -0.0633. The SMILES string of the molecule is CN1CCCC(N(C)C(=O)c2cc(Br)cnc2N)C1. The number of likely N-dealkylation sites (N-methyl/N-ethyl adjacent to an activating group) is 2. The first-order valence-electron chi connectivity index (χ1n) is 6.35. The van der Waals surface area contributed by atoms with Crippen molar-refractivity contribution in [1.82, 2.24) is 14.8 Å². The number of nitrogen functional groups attached to an aromatic ring is 1. The number of hydrogen-bond donors (Lipinski definition) is 1. The van der Waals surface area contributed by atoms with Crippen LogP contribution in [0.5, 0.6) is 0 Å². The zero-order valence-corrected chi connectivity index (χ0v) is 12.9. The fourth-order valence-corrected chi connectivity index (χ4v) is 2.76. The predicted octanol–water partition coefficient (Wildman–Crippen LogP) is 1.59. The third kappa shape index (κ3) is 3.25. The number of nitrogens with two attached hydrogens (primary N) is 1. The Hall–Kier alpha value is -1.14. The van der Waals surface area contributed by atoms with Crippen LogP contribution < -0.4 is 5.73 Å². The Morgan fingerprint density at radius 2 is 2.37 bits per heavy atom. The van der Waals surface area contributed by atoms with Crippen molar-refractivity contribution in [1.29, 1.82) is 0 Å². The van der Waals surface area contributed by atoms with Crippen LogP contribution in [-0.2, 0) is 0 Å². The first kappa shape index (κ1) is 14.3. The summed E-state index contributed by atoms with van der Waals surface area (Å²) < 4.78 is 0.763. The molecule has 1 amide bonds. The van der Waals surface area contributed by atoms with Crippen LogP contribution in [0, 0.1) is 0 Å². The van der Waals surface area contributed by atoms with E-state index in [4.69, 9.17) is 5.73 Å². The van der Waals surface area contributed by atoms with Crippen LogP contribution in [0.4, 0.5) is 5.82 Å². The summed E-state index contributed by atoms with van der Waals surface area (Å²) in [5.74, 6) is 0.218. The molecule has 1 aromatic heterocycles. The first-order valence-corrected chi connectivity index (χ1v) is 7.15. The molecule has 0 bridgehead atoms. The van der Waals surface area contributed by atoms with E-state index in [0.29, 0.717) is 5.56 Å². The van der Waals surface area contributed by atoms with Crippen LogP contribution >= 0.6 is 15.9 Å². The molecule has 1 aliphatic rings. The Labute approximate surface area is 121 Å². The molecule has 0 aliphatic carbocycles. The second-order valence-corrected chi connectivity index (χ2v) is 5.98. The van der Waals surface area contributed by atoms with Gasteiger partial charge in [-0.05, 0) is 48.4 Å². The summed E-state index contributed by atoms with van der Waals surface area (Å²) in [7, 11) is 3.92. The molecule has 2 rings (SSSR count). The number of likely N-dealkylation sites (tertiary alicyclic amines) is 1. The van der Waals surface area contributed by atoms with Gasteiger partial charge in [0.25, 0.3) is 5.91 Å². The van der Waals surface area contributed by atoms with E-state index in [2.05, 4.69) is 32.9 Å². The Kier molecular flexibility index (Phi) is 4.42. The quantitative estimate of drug-likeness (QED) is 0.896. The zero-order chi connectivity index (χ0) is 14.0. The molecule has 5 nitrogen and oxygen atoms in total. The number of hydrogen-bond acceptors (Lipinski definition) is 4. The molecule has 1 aromatic rings. The molecule has 104 valence electrons. The van der Waals surface area contributed by atoms with Crippen LogP contribution in [0.15, 0.2) is 16.7 Å². The van der Waals surface area contributed by atoms with Gasteiger partial charge in [0.1, 0.15) is 5.82 Å². The molecule has 0 spiro atoms. The number of amides is 1. The molecule has 1 atom stereocenters. The van der Waals surface area contributed by atoms with E-state index in [0.717, 1.165) is 30.4 Å². The van der Waals surface area contributed by atoms with Gasteiger partial charge in [0, 0.05) is 30.3 Å². The predicted molar refractivity (Wildman–Crippen MR) is 79.0 cm³/mol. The number of rotatable bonds is 2. The van der Waals surface area contributed by atoms with Gasteiger partial charge >= 0.3 is 0 Å². The number of piperidine rings is 1. The van der Waals surface area contributed by atoms with Crippen molar-refractivity contribution in [3.05, 3.63) is 22.3 Å². The molecule has 1 aliphatic heterocycles. The van der Waals surface area contributed by atoms with E-state index in [9.17, 15) is 4.79 Å². The minimum absolute atomic E-state index is 0.0633. The molecule has 0 saturated carbocycles. The summed E-state index contributed by atoms with van der Waals surface area (Å²) in [4.78, 5) is 20.5. The van der Waals surface area contributed by atoms with E-state index in [1.54, 1.807) is 17.2 Å². The number of aromatic nitrogens is 1. The van der Waals surface area contributed by atoms with Crippen molar-refractivity contribution < 1.29 is 4.79 Å². The Morgan fingerprint density at radius 1 is 1.63 bits per heavy atom. The van der Waals surface area contributed by atoms with E-state index < -0.39 is 0 Å². The maximum absolute atomic E-state index is 12.5. The number of anilines is 1. The van der Waals surface area contributed by atoms with Crippen LogP contribution in [0.2, 0.25) is 0 Å². The summed E-state index contributed by atoms with van der Waals surface area (Å²) in [5.41, 5.74) is 6.26. The lowest BCUT2D eigenvalue weighted by Crippen LogP contribution is -2.47. The van der Waals surface area contributed by atoms with E-state index >= 15 is 0 Å². The summed E-state index contributed by atoms with van der Waals surface area (Å²) in [6.45, 7) is 2.00. The first-order chi connectivity index (χ1) is 8.99. The topological polar surface area (TPSA) is 62.5 Å². The average molecular weight is 327 g/mol. The summed E-state index contributed by atoms with van der Waals surface area (Å²) >= 11 is 3.32. The lowest BCUT2D eigenvalue weighted by molar-refractivity contribution is 0.0644. The normalized spacial score (nSPS) is 20.3. The van der Waals surface area contributed by atoms with E-state index in [1.807, 2.05) is 7.05 Å². The third-order valence-electron chi connectivity index (χ3n) is 3.58. The van der Waals surface area contributed by atoms with Gasteiger partial charge in [0.15, 0.2) is 0 Å². The molecule has 0 radical (unpaired) electrons. The summed E-state index contributed by atoms with van der Waals surface area (Å²) in [5, 5.41) is 0. The van der Waals surface area contributed by atoms with Crippen LogP contribution in [0.3, 0.4) is 0 Å². The van der Waals surface area contributed by atoms with Gasteiger partial charge < -0.3 is 15.5 Å². The zero-order valence-electron chi connectivity index (χ0n) is 11.3. The van der Waals surface area contributed by atoms with Crippen LogP contribution in [-0.4, -0.2) is 53.9 Å². The second kappa shape index (κ2) is 5.88. The summed E-state index contributed by atoms with van der Waals surface area (Å²) in [6.07, 6.45) is 3.75. The largest absolute Gasteiger partial charge is 0.383 e. The van der Waals surface area contributed by atoms with Gasteiger partial charge in [0.2, 0.25) is 0 Å². The molecule has 0 aromatic carbocycles. The van der Waals surface area contributed by atoms with E-state index in [1.165, 1.54) is 0 Å². The van der Waals surface area contributed by atoms with Gasteiger partial charge in [-0.2, -0.15) is 0 Å². The second-order valence-electron chi connectivity index (χ2n) is 5.06. The van der Waals surface area contributed by atoms with Crippen molar-refractivity contribution in [2.75, 3.05) is 32.9 Å². The molecule has 2 N–H and O–H groups in total. The number of halogens is 1. The number of nitrogens with zero attached hydrogens (tertiary/aromatic N) is 3. The van der Waals surface area contributed by atoms with Gasteiger partial charge in [-0.3, -0.25) is 4.79 Å². The molecular weight excluding hydrogens is 308 g/mol. The van der Waals surface area contributed by atoms with Gasteiger partial charge in [-0.1, -0.05) is 0 Å². The monoisotopic (exact) mass is 326 g/mol. The molecule has 1 saturated heterocycles. The minimum Gasteiger partial charge on any atom is -0.383 e. The molecule has 1 unspecified atom stereocenters. The van der Waals surface area contributed by atoms with Gasteiger partial charge in [-0.15, -0.1) is 0 Å². The number of pyridine rings is 1. The van der Waals surface area contributed by atoms with Crippen LogP contribution in [0.25, 0.3) is 0 Å². The maximum atomic E-state index is 12.5. The van der Waals surface area contributed by atoms with Crippen molar-refractivity contribution >= 4 is 27.7 Å². The fourth-order valence-electron chi connectivity index (χ4n) is 2.43. The standard InChI is InChI=1S/C13H19BrN4O/c1-17-5-3-4-10(8-17)18(2)13(19)11-6-9(14)7-16-12(11)15/h6-7,10H,3-5,8H2,1-2H3,(H2,15,16). The Morgan fingerprint density at radius 3 is 3.05 bits per heavy atom. The van der Waals surface area contributed by atoms with Crippen LogP contribution in [0.1, 0.15) is 23.2 Å². The summed E-state index contributed by atoms with van der Waals surface area (Å²) in [6, 6.07) is 1.97. The lowest BCUT2D eigenvalue weighted by Gasteiger charge is -2.36. The highest BCUT2D eigenvalue weighted by Crippen LogP contribution is 2.20. The molecule has 6 heteroatoms. The van der Waals surface area contributed by atoms with Crippen molar-refractivity contribution in [3.63, 3.8) is 0 Å². The molecule has 1 fully saturated rings. The molecule has 19 heavy (non-hydrogen) atoms. The van der Waals surface area contributed by atoms with Crippen molar-refractivity contribution in [3.8, 4) is 0 Å². The fraction of sp³-hybridized carbons (Fsp3) is 0.538. The number of carbonyl (C=O) groups excluding carboxylic acids is 1. The Balaban J connectivity index is 2.16. The Bertz CT molecular complexity index is 480. The highest BCUT2D eigenvalue weighted by molar-refractivity contribution is 9.10. The molecular formula is C13H19BrN4O. The highest BCUT2D eigenvalue weighted by atomic mass is 79.9. The average Bonchev–Trinajstić information content (AvgIpc) is 2.40. The smallest absolute Gasteiger partial charge is 0.257 e. The van der Waals surface area contributed by atoms with Gasteiger partial charge in [0.05, 0.1) is 5.56 Å². The van der Waals surface area contributed by atoms with Crippen molar-refractivity contribution in [2.45, 2.75) is 18.9 Å². The van der Waals surface area contributed by atoms with Gasteiger partial charge in [-0.25, -0.2) is 4.98 Å². The molecule has 2 heterocycles. The highest BCUT2D eigenvalue weighted by Gasteiger charge is 2.26. The maximum Gasteiger partial charge on any atom is 0.257 e.